The number of pyridine rings is 3. The summed E-state index contributed by atoms with van der Waals surface area (Å²) in [5.74, 6) is -1.76. The minimum atomic E-state index is -4.66. The second-order valence-corrected chi connectivity index (χ2v) is 29.9. The molecule has 107 heavy (non-hydrogen) atoms. The molecule has 3 saturated heterocycles. The Balaban J connectivity index is 0.000000200. The standard InChI is InChI=1S/C28H33N3O4S.C26H31N3O4S.C23H22F3N3O4S.3CH4/c1-2-35-28(34)24-25(29-14-16-30(17-15-29)26(32)23-13-8-18-36-23)21-11-6-7-12-22(21)31(27(24)33)19-20-9-4-3-5-10-20;1-5-33-25(32)21-22(27-12-14-28(15-13-27)23(30)20-11-8-16-34-20)18-9-6-7-10-19(18)29(24(21)31)17-26(2,3)4;1-2-33-22(32)18-19(27-9-11-28(12-10-27)20(30)17-8-5-13-34-17)15-6-3-4-7-16(15)29(21(18)31)14-23(24,25)26;;;/h6-8,11-13,18,20H,2-5,9-10,14-17,19H2,1H3;6-11,16H,5,12-15,17H2,1-4H3;3-8,13H,2,9-12,14H2,1H3;3*1H4. The summed E-state index contributed by atoms with van der Waals surface area (Å²) in [6.45, 7) is 16.7. The monoisotopic (exact) mass is 1530 g/mol. The van der Waals surface area contributed by atoms with Gasteiger partial charge in [-0.3, -0.25) is 33.3 Å². The number of piperazine rings is 3. The van der Waals surface area contributed by atoms with Crippen molar-refractivity contribution in [3.63, 3.8) is 0 Å². The second-order valence-electron chi connectivity index (χ2n) is 27.0. The molecule has 3 aliphatic heterocycles. The van der Waals surface area contributed by atoms with Crippen molar-refractivity contribution in [1.29, 1.82) is 0 Å². The van der Waals surface area contributed by atoms with E-state index in [1.54, 1.807) is 70.0 Å². The first-order valence-corrected chi connectivity index (χ1v) is 37.9. The van der Waals surface area contributed by atoms with E-state index in [9.17, 15) is 56.3 Å². The topological polar surface area (TPSA) is 216 Å². The van der Waals surface area contributed by atoms with E-state index in [1.807, 2.05) is 98.7 Å². The average Bonchev–Trinajstić information content (AvgIpc) is 1.11. The normalized spacial score (nSPS) is 14.9. The Labute approximate surface area is 634 Å². The van der Waals surface area contributed by atoms with Gasteiger partial charge in [0.25, 0.3) is 34.4 Å². The third-order valence-electron chi connectivity index (χ3n) is 18.9. The number of rotatable bonds is 16. The Morgan fingerprint density at radius 3 is 1.00 bits per heavy atom. The molecule has 0 unspecified atom stereocenters. The van der Waals surface area contributed by atoms with Gasteiger partial charge in [0.2, 0.25) is 0 Å². The van der Waals surface area contributed by atoms with E-state index in [4.69, 9.17) is 14.2 Å². The fourth-order valence-corrected chi connectivity index (χ4v) is 16.2. The summed E-state index contributed by atoms with van der Waals surface area (Å²) in [5, 5.41) is 7.68. The van der Waals surface area contributed by atoms with Crippen LogP contribution in [0.1, 0.15) is 156 Å². The maximum atomic E-state index is 13.9. The Morgan fingerprint density at radius 2 is 0.710 bits per heavy atom. The minimum absolute atomic E-state index is 0. The molecule has 21 nitrogen and oxygen atoms in total. The van der Waals surface area contributed by atoms with Gasteiger partial charge >= 0.3 is 24.1 Å². The number of carbonyl (C=O) groups is 6. The molecule has 9 heterocycles. The van der Waals surface area contributed by atoms with E-state index in [2.05, 4.69) is 30.6 Å². The number of hydrogen-bond donors (Lipinski definition) is 0. The van der Waals surface area contributed by atoms with Gasteiger partial charge in [-0.15, -0.1) is 34.0 Å². The molecule has 574 valence electrons. The first-order valence-electron chi connectivity index (χ1n) is 35.3. The van der Waals surface area contributed by atoms with Crippen LogP contribution in [0.2, 0.25) is 0 Å². The molecule has 3 aromatic carbocycles. The summed E-state index contributed by atoms with van der Waals surface area (Å²) in [6, 6.07) is 32.8. The van der Waals surface area contributed by atoms with E-state index in [-0.39, 0.29) is 98.7 Å². The predicted molar refractivity (Wildman–Crippen MR) is 422 cm³/mol. The van der Waals surface area contributed by atoms with Crippen molar-refractivity contribution >= 4 is 119 Å². The number of hydrogen-bond acceptors (Lipinski definition) is 18. The maximum Gasteiger partial charge on any atom is 0.406 e. The highest BCUT2D eigenvalue weighted by atomic mass is 32.1. The van der Waals surface area contributed by atoms with Gasteiger partial charge < -0.3 is 52.7 Å². The zero-order valence-electron chi connectivity index (χ0n) is 59.2. The molecule has 13 rings (SSSR count). The van der Waals surface area contributed by atoms with Gasteiger partial charge in [0.05, 0.1) is 68.1 Å². The van der Waals surface area contributed by atoms with Crippen LogP contribution in [-0.2, 0) is 33.8 Å². The molecule has 27 heteroatoms. The lowest BCUT2D eigenvalue weighted by atomic mass is 9.89. The molecule has 0 atom stereocenters. The predicted octanol–water partition coefficient (Wildman–Crippen LogP) is 14.7. The van der Waals surface area contributed by atoms with E-state index in [1.165, 1.54) is 59.3 Å². The van der Waals surface area contributed by atoms with Crippen molar-refractivity contribution in [2.24, 2.45) is 11.3 Å². The number of carbonyl (C=O) groups excluding carboxylic acids is 6. The van der Waals surface area contributed by atoms with Gasteiger partial charge in [0, 0.05) is 108 Å². The molecule has 4 fully saturated rings. The average molecular weight is 1530 g/mol. The Hall–Kier alpha value is -9.60. The van der Waals surface area contributed by atoms with Gasteiger partial charge in [-0.1, -0.05) is 135 Å². The number of ether oxygens (including phenoxy) is 3. The Kier molecular flexibility index (Phi) is 28.6. The number of anilines is 3. The van der Waals surface area contributed by atoms with Crippen molar-refractivity contribution < 1.29 is 56.1 Å². The molecule has 1 aliphatic carbocycles. The number of fused-ring (bicyclic) bond motifs is 3. The van der Waals surface area contributed by atoms with E-state index < -0.39 is 41.8 Å². The van der Waals surface area contributed by atoms with Crippen molar-refractivity contribution in [3.05, 3.63) is 188 Å². The summed E-state index contributed by atoms with van der Waals surface area (Å²) >= 11 is 4.22. The lowest BCUT2D eigenvalue weighted by Gasteiger charge is -2.37. The number of amides is 3. The maximum absolute atomic E-state index is 13.9. The van der Waals surface area contributed by atoms with E-state index in [0.717, 1.165) is 44.4 Å². The van der Waals surface area contributed by atoms with Crippen molar-refractivity contribution in [3.8, 4) is 0 Å². The summed E-state index contributed by atoms with van der Waals surface area (Å²) in [4.78, 5) is 132. The van der Waals surface area contributed by atoms with Gasteiger partial charge in [0.1, 0.15) is 23.2 Å². The number of halogens is 3. The summed E-state index contributed by atoms with van der Waals surface area (Å²) in [7, 11) is 0. The van der Waals surface area contributed by atoms with Crippen molar-refractivity contribution in [1.82, 2.24) is 28.4 Å². The van der Waals surface area contributed by atoms with Crippen LogP contribution in [-0.4, -0.2) is 169 Å². The van der Waals surface area contributed by atoms with Gasteiger partial charge in [-0.05, 0) is 97.5 Å². The van der Waals surface area contributed by atoms with Gasteiger partial charge in [-0.2, -0.15) is 13.2 Å². The Morgan fingerprint density at radius 1 is 0.411 bits per heavy atom. The summed E-state index contributed by atoms with van der Waals surface area (Å²) in [6.07, 6.45) is 1.19. The largest absolute Gasteiger partial charge is 0.462 e. The number of nitrogens with zero attached hydrogens (tertiary/aromatic N) is 9. The second kappa shape index (κ2) is 36.8. The van der Waals surface area contributed by atoms with E-state index in [0.29, 0.717) is 124 Å². The highest BCUT2D eigenvalue weighted by Gasteiger charge is 2.37. The van der Waals surface area contributed by atoms with Crippen LogP contribution in [0.15, 0.2) is 140 Å². The van der Waals surface area contributed by atoms with Gasteiger partial charge in [0.15, 0.2) is 0 Å². The molecule has 1 saturated carbocycles. The van der Waals surface area contributed by atoms with Crippen molar-refractivity contribution in [2.75, 3.05) is 113 Å². The molecule has 3 amide bonds. The number of benzene rings is 3. The lowest BCUT2D eigenvalue weighted by molar-refractivity contribution is -0.140. The molecular formula is C80H98F3N9O12S3. The van der Waals surface area contributed by atoms with Crippen LogP contribution in [0.3, 0.4) is 0 Å². The number of para-hydroxylation sites is 3. The van der Waals surface area contributed by atoms with E-state index >= 15 is 0 Å². The smallest absolute Gasteiger partial charge is 0.406 e. The first-order chi connectivity index (χ1) is 50.0. The molecule has 0 radical (unpaired) electrons. The first kappa shape index (κ1) is 83.0. The molecule has 4 aliphatic rings. The SMILES string of the molecule is C.C.C.CCOC(=O)c1c(N2CCN(C(=O)c3cccs3)CC2)c2ccccc2n(CC(C)(C)C)c1=O.CCOC(=O)c1c(N2CCN(C(=O)c3cccs3)CC2)c2ccccc2n(CC(F)(F)F)c1=O.CCOC(=O)c1c(N2CCN(C(=O)c3cccs3)CC2)c2ccccc2n(CC2CCCCC2)c1=O. The molecule has 0 N–H and O–H groups in total. The van der Waals surface area contributed by atoms with Crippen LogP contribution in [0.5, 0.6) is 0 Å². The minimum Gasteiger partial charge on any atom is -0.462 e. The van der Waals surface area contributed by atoms with Crippen LogP contribution in [0.4, 0.5) is 30.2 Å². The van der Waals surface area contributed by atoms with Crippen LogP contribution >= 0.6 is 34.0 Å². The zero-order chi connectivity index (χ0) is 74.0. The van der Waals surface area contributed by atoms with Crippen LogP contribution < -0.4 is 31.4 Å². The number of thiophene rings is 3. The number of alkyl halides is 3. The highest BCUT2D eigenvalue weighted by Crippen LogP contribution is 2.37. The Bertz CT molecular complexity index is 4550. The zero-order valence-corrected chi connectivity index (χ0v) is 61.7. The third kappa shape index (κ3) is 18.9. The molecule has 0 bridgehead atoms. The number of esters is 3. The quantitative estimate of drug-likeness (QED) is 0.0649. The molecule has 6 aromatic heterocycles. The lowest BCUT2D eigenvalue weighted by Crippen LogP contribution is -2.49. The van der Waals surface area contributed by atoms with Crippen LogP contribution in [0, 0.1) is 11.3 Å². The van der Waals surface area contributed by atoms with Crippen LogP contribution in [0.25, 0.3) is 32.7 Å². The highest BCUT2D eigenvalue weighted by molar-refractivity contribution is 7.12. The van der Waals surface area contributed by atoms with Crippen molar-refractivity contribution in [2.45, 2.75) is 122 Å². The molecule has 9 aromatic rings. The molecular weight excluding hydrogens is 1430 g/mol. The summed E-state index contributed by atoms with van der Waals surface area (Å²) in [5.41, 5.74) is 1.14. The number of aromatic nitrogens is 3. The molecule has 0 spiro atoms. The fourth-order valence-electron chi connectivity index (χ4n) is 14.2. The van der Waals surface area contributed by atoms with Gasteiger partial charge in [-0.25, -0.2) is 14.4 Å². The summed E-state index contributed by atoms with van der Waals surface area (Å²) < 4.78 is 59.8. The third-order valence-corrected chi connectivity index (χ3v) is 21.4. The fraction of sp³-hybridized carbons (Fsp3) is 0.438.